The van der Waals surface area contributed by atoms with E-state index < -0.39 is 0 Å². The van der Waals surface area contributed by atoms with Crippen molar-refractivity contribution >= 4 is 11.3 Å². The number of benzene rings is 2. The molecular formula is C28H38N2S. The fourth-order valence-corrected chi connectivity index (χ4v) is 4.79. The lowest BCUT2D eigenvalue weighted by Gasteiger charge is -2.05. The van der Waals surface area contributed by atoms with Crippen LogP contribution in [0.5, 0.6) is 0 Å². The van der Waals surface area contributed by atoms with Crippen molar-refractivity contribution in [2.45, 2.75) is 90.9 Å². The Labute approximate surface area is 193 Å². The number of aryl methyl sites for hydroxylation is 4. The molecule has 0 aliphatic heterocycles. The second-order valence-corrected chi connectivity index (χ2v) is 9.70. The van der Waals surface area contributed by atoms with Crippen molar-refractivity contribution in [3.63, 3.8) is 0 Å². The molecule has 0 saturated heterocycles. The predicted molar refractivity (Wildman–Crippen MR) is 135 cm³/mol. The molecule has 3 rings (SSSR count). The minimum atomic E-state index is 1.05. The molecule has 0 saturated carbocycles. The fourth-order valence-electron chi connectivity index (χ4n) is 3.91. The van der Waals surface area contributed by atoms with Crippen LogP contribution in [0, 0.1) is 0 Å². The van der Waals surface area contributed by atoms with E-state index >= 15 is 0 Å². The molecule has 31 heavy (non-hydrogen) atoms. The van der Waals surface area contributed by atoms with Crippen LogP contribution in [0.1, 0.15) is 86.9 Å². The van der Waals surface area contributed by atoms with Gasteiger partial charge in [0.2, 0.25) is 0 Å². The molecule has 3 heteroatoms. The van der Waals surface area contributed by atoms with Gasteiger partial charge in [-0.15, -0.1) is 10.2 Å². The Kier molecular flexibility index (Phi) is 10.2. The molecule has 0 aliphatic rings. The number of unbranched alkanes of at least 4 members (excludes halogenated alkanes) is 6. The van der Waals surface area contributed by atoms with E-state index in [2.05, 4.69) is 72.6 Å². The second-order valence-electron chi connectivity index (χ2n) is 8.64. The van der Waals surface area contributed by atoms with E-state index in [1.54, 1.807) is 11.3 Å². The zero-order valence-corrected chi connectivity index (χ0v) is 20.2. The van der Waals surface area contributed by atoms with Gasteiger partial charge in [0.05, 0.1) is 0 Å². The van der Waals surface area contributed by atoms with Crippen LogP contribution in [0.25, 0.3) is 10.6 Å². The molecule has 0 aliphatic carbocycles. The topological polar surface area (TPSA) is 25.8 Å². The summed E-state index contributed by atoms with van der Waals surface area (Å²) in [5.41, 5.74) is 5.47. The summed E-state index contributed by atoms with van der Waals surface area (Å²) in [6.07, 6.45) is 14.9. The molecule has 0 N–H and O–H groups in total. The average molecular weight is 435 g/mol. The van der Waals surface area contributed by atoms with Crippen molar-refractivity contribution in [2.24, 2.45) is 0 Å². The Morgan fingerprint density at radius 1 is 0.548 bits per heavy atom. The number of hydrogen-bond acceptors (Lipinski definition) is 3. The summed E-state index contributed by atoms with van der Waals surface area (Å²) in [7, 11) is 0. The first kappa shape index (κ1) is 23.7. The smallest absolute Gasteiger partial charge is 0.143 e. The molecule has 166 valence electrons. The van der Waals surface area contributed by atoms with Gasteiger partial charge in [-0.2, -0.15) is 0 Å². The number of nitrogens with zero attached hydrogens (tertiary/aromatic N) is 2. The zero-order chi connectivity index (χ0) is 21.7. The summed E-state index contributed by atoms with van der Waals surface area (Å²) in [4.78, 5) is 0. The van der Waals surface area contributed by atoms with E-state index in [1.165, 1.54) is 85.0 Å². The summed E-state index contributed by atoms with van der Waals surface area (Å²) < 4.78 is 0. The third kappa shape index (κ3) is 8.22. The summed E-state index contributed by atoms with van der Waals surface area (Å²) >= 11 is 1.75. The number of hydrogen-bond donors (Lipinski definition) is 0. The van der Waals surface area contributed by atoms with Gasteiger partial charge in [0.15, 0.2) is 0 Å². The van der Waals surface area contributed by atoms with Gasteiger partial charge >= 0.3 is 0 Å². The lowest BCUT2D eigenvalue weighted by molar-refractivity contribution is 0.630. The molecule has 0 atom stereocenters. The first-order valence-electron chi connectivity index (χ1n) is 12.3. The summed E-state index contributed by atoms with van der Waals surface area (Å²) in [5.74, 6) is 0. The summed E-state index contributed by atoms with van der Waals surface area (Å²) in [6.45, 7) is 4.52. The van der Waals surface area contributed by atoms with Gasteiger partial charge in [-0.1, -0.05) is 112 Å². The van der Waals surface area contributed by atoms with E-state index in [4.69, 9.17) is 0 Å². The van der Waals surface area contributed by atoms with Crippen LogP contribution in [-0.2, 0) is 25.7 Å². The molecule has 0 unspecified atom stereocenters. The SMILES string of the molecule is CCCCCCCc1nnc(-c2ccc(CCc3ccc(CCCCC)cc3)cc2)s1. The third-order valence-corrected chi connectivity index (χ3v) is 6.99. The molecular weight excluding hydrogens is 396 g/mol. The second kappa shape index (κ2) is 13.4. The van der Waals surface area contributed by atoms with Crippen molar-refractivity contribution in [3.05, 3.63) is 70.2 Å². The minimum Gasteiger partial charge on any atom is -0.143 e. The maximum Gasteiger partial charge on any atom is 0.147 e. The van der Waals surface area contributed by atoms with E-state index in [-0.39, 0.29) is 0 Å². The van der Waals surface area contributed by atoms with Crippen molar-refractivity contribution in [1.29, 1.82) is 0 Å². The first-order valence-corrected chi connectivity index (χ1v) is 13.1. The molecule has 0 bridgehead atoms. The highest BCUT2D eigenvalue weighted by Gasteiger charge is 2.07. The van der Waals surface area contributed by atoms with Gasteiger partial charge in [0, 0.05) is 12.0 Å². The molecule has 3 aromatic rings. The maximum absolute atomic E-state index is 4.43. The van der Waals surface area contributed by atoms with E-state index in [0.717, 1.165) is 24.3 Å². The van der Waals surface area contributed by atoms with Crippen molar-refractivity contribution in [3.8, 4) is 10.6 Å². The summed E-state index contributed by atoms with van der Waals surface area (Å²) in [5, 5.41) is 11.1. The van der Waals surface area contributed by atoms with Gasteiger partial charge in [-0.25, -0.2) is 0 Å². The fraction of sp³-hybridized carbons (Fsp3) is 0.500. The van der Waals surface area contributed by atoms with Gasteiger partial charge in [0.1, 0.15) is 10.0 Å². The Bertz CT molecular complexity index is 865. The molecule has 0 radical (unpaired) electrons. The van der Waals surface area contributed by atoms with Crippen molar-refractivity contribution < 1.29 is 0 Å². The zero-order valence-electron chi connectivity index (χ0n) is 19.4. The Morgan fingerprint density at radius 2 is 1.06 bits per heavy atom. The number of aromatic nitrogens is 2. The third-order valence-electron chi connectivity index (χ3n) is 5.96. The van der Waals surface area contributed by atoms with E-state index in [1.807, 2.05) is 0 Å². The van der Waals surface area contributed by atoms with Crippen molar-refractivity contribution in [1.82, 2.24) is 10.2 Å². The highest BCUT2D eigenvalue weighted by molar-refractivity contribution is 7.14. The Hall–Kier alpha value is -2.00. The quantitative estimate of drug-likeness (QED) is 0.239. The molecule has 1 aromatic heterocycles. The number of rotatable bonds is 14. The van der Waals surface area contributed by atoms with E-state index in [0.29, 0.717) is 0 Å². The van der Waals surface area contributed by atoms with Crippen LogP contribution >= 0.6 is 11.3 Å². The van der Waals surface area contributed by atoms with Crippen LogP contribution in [-0.4, -0.2) is 10.2 Å². The van der Waals surface area contributed by atoms with Crippen LogP contribution < -0.4 is 0 Å². The van der Waals surface area contributed by atoms with Gasteiger partial charge < -0.3 is 0 Å². The lowest BCUT2D eigenvalue weighted by atomic mass is 10.0. The first-order chi connectivity index (χ1) is 15.3. The van der Waals surface area contributed by atoms with Crippen molar-refractivity contribution in [2.75, 3.05) is 0 Å². The molecule has 2 nitrogen and oxygen atoms in total. The average Bonchev–Trinajstić information content (AvgIpc) is 3.28. The van der Waals surface area contributed by atoms with Crippen LogP contribution in [0.4, 0.5) is 0 Å². The van der Waals surface area contributed by atoms with Gasteiger partial charge in [-0.3, -0.25) is 0 Å². The summed E-state index contributed by atoms with van der Waals surface area (Å²) in [6, 6.07) is 18.1. The van der Waals surface area contributed by atoms with Crippen LogP contribution in [0.3, 0.4) is 0 Å². The largest absolute Gasteiger partial charge is 0.147 e. The lowest BCUT2D eigenvalue weighted by Crippen LogP contribution is -1.93. The van der Waals surface area contributed by atoms with Gasteiger partial charge in [0.25, 0.3) is 0 Å². The molecule has 0 amide bonds. The predicted octanol–water partition coefficient (Wildman–Crippen LogP) is 8.24. The van der Waals surface area contributed by atoms with E-state index in [9.17, 15) is 0 Å². The monoisotopic (exact) mass is 434 g/mol. The van der Waals surface area contributed by atoms with Crippen LogP contribution in [0.2, 0.25) is 0 Å². The van der Waals surface area contributed by atoms with Gasteiger partial charge in [-0.05, 0) is 48.8 Å². The molecule has 0 fully saturated rings. The normalized spacial score (nSPS) is 11.2. The molecule has 2 aromatic carbocycles. The molecule has 0 spiro atoms. The highest BCUT2D eigenvalue weighted by Crippen LogP contribution is 2.25. The maximum atomic E-state index is 4.43. The molecule has 1 heterocycles. The Balaban J connectivity index is 1.45. The highest BCUT2D eigenvalue weighted by atomic mass is 32.1. The standard InChI is InChI=1S/C28H38N2S/c1-3-5-7-8-10-12-27-29-30-28(31-27)26-21-19-25(20-22-26)18-17-24-15-13-23(14-16-24)11-9-6-4-2/h13-16,19-22H,3-12,17-18H2,1-2H3. The Morgan fingerprint density at radius 3 is 1.71 bits per heavy atom. The van der Waals surface area contributed by atoms with Crippen LogP contribution in [0.15, 0.2) is 48.5 Å². The minimum absolute atomic E-state index is 1.05.